The number of benzene rings is 2. The van der Waals surface area contributed by atoms with Crippen LogP contribution in [0.1, 0.15) is 31.8 Å². The molecule has 0 radical (unpaired) electrons. The highest BCUT2D eigenvalue weighted by Crippen LogP contribution is 2.43. The van der Waals surface area contributed by atoms with Crippen LogP contribution in [-0.4, -0.2) is 38.0 Å². The summed E-state index contributed by atoms with van der Waals surface area (Å²) >= 11 is 0. The number of hydrogen-bond acceptors (Lipinski definition) is 6. The summed E-state index contributed by atoms with van der Waals surface area (Å²) in [5.41, 5.74) is 0.544. The molecule has 23 heavy (non-hydrogen) atoms. The molecule has 1 aliphatic carbocycles. The molecule has 2 aromatic carbocycles. The Kier molecular flexibility index (Phi) is 3.44. The summed E-state index contributed by atoms with van der Waals surface area (Å²) in [5, 5.41) is 9.90. The highest BCUT2D eigenvalue weighted by atomic mass is 16.5. The number of rotatable bonds is 3. The van der Waals surface area contributed by atoms with E-state index < -0.39 is 5.78 Å². The molecule has 118 valence electrons. The maximum Gasteiger partial charge on any atom is 0.202 e. The molecule has 0 spiro atoms. The van der Waals surface area contributed by atoms with Gasteiger partial charge in [-0.25, -0.2) is 0 Å². The molecule has 0 fully saturated rings. The number of hydrogen-bond donors (Lipinski definition) is 1. The average molecular weight is 314 g/mol. The Bertz CT molecular complexity index is 837. The molecule has 6 heteroatoms. The fourth-order valence-corrected chi connectivity index (χ4v) is 2.80. The number of carbonyl (C=O) groups is 2. The molecule has 0 saturated heterocycles. The molecule has 0 heterocycles. The van der Waals surface area contributed by atoms with Gasteiger partial charge in [0.15, 0.2) is 28.8 Å². The van der Waals surface area contributed by atoms with Crippen molar-refractivity contribution in [2.24, 2.45) is 0 Å². The van der Waals surface area contributed by atoms with Crippen molar-refractivity contribution in [3.63, 3.8) is 0 Å². The number of phenols is 1. The van der Waals surface area contributed by atoms with Gasteiger partial charge in [0, 0.05) is 11.1 Å². The van der Waals surface area contributed by atoms with Gasteiger partial charge in [0.05, 0.1) is 32.5 Å². The molecular weight excluding hydrogens is 300 g/mol. The zero-order valence-electron chi connectivity index (χ0n) is 12.8. The van der Waals surface area contributed by atoms with Crippen molar-refractivity contribution in [3.05, 3.63) is 46.5 Å². The first-order valence-corrected chi connectivity index (χ1v) is 6.79. The lowest BCUT2D eigenvalue weighted by Gasteiger charge is -2.22. The van der Waals surface area contributed by atoms with E-state index in [1.807, 2.05) is 0 Å². The third-order valence-corrected chi connectivity index (χ3v) is 3.83. The highest BCUT2D eigenvalue weighted by Gasteiger charge is 2.37. The molecule has 6 nitrogen and oxygen atoms in total. The molecule has 0 aromatic heterocycles. The third-order valence-electron chi connectivity index (χ3n) is 3.83. The van der Waals surface area contributed by atoms with Crippen LogP contribution in [0.25, 0.3) is 0 Å². The molecule has 3 rings (SSSR count). The highest BCUT2D eigenvalue weighted by molar-refractivity contribution is 6.30. The Morgan fingerprint density at radius 2 is 1.30 bits per heavy atom. The van der Waals surface area contributed by atoms with Crippen LogP contribution in [0.5, 0.6) is 23.0 Å². The Balaban J connectivity index is 2.37. The second-order valence-corrected chi connectivity index (χ2v) is 4.92. The third kappa shape index (κ3) is 1.95. The van der Waals surface area contributed by atoms with Gasteiger partial charge in [0.25, 0.3) is 0 Å². The summed E-state index contributed by atoms with van der Waals surface area (Å²) in [4.78, 5) is 25.7. The van der Waals surface area contributed by atoms with Crippen LogP contribution in [0.4, 0.5) is 0 Å². The number of phenolic OH excluding ortho intramolecular Hbond substituents is 1. The number of ether oxygens (including phenoxy) is 3. The first-order chi connectivity index (χ1) is 11.0. The zero-order valence-corrected chi connectivity index (χ0v) is 12.8. The number of carbonyl (C=O) groups excluding carboxylic acids is 2. The van der Waals surface area contributed by atoms with Gasteiger partial charge in [0.2, 0.25) is 5.78 Å². The smallest absolute Gasteiger partial charge is 0.202 e. The molecule has 2 aromatic rings. The zero-order chi connectivity index (χ0) is 16.7. The minimum Gasteiger partial charge on any atom is -0.504 e. The van der Waals surface area contributed by atoms with Gasteiger partial charge in [0.1, 0.15) is 0 Å². The Hall–Kier alpha value is -3.02. The van der Waals surface area contributed by atoms with Crippen molar-refractivity contribution in [1.29, 1.82) is 0 Å². The van der Waals surface area contributed by atoms with Crippen LogP contribution < -0.4 is 14.2 Å². The second-order valence-electron chi connectivity index (χ2n) is 4.92. The summed E-state index contributed by atoms with van der Waals surface area (Å²) in [6, 6.07) is 5.84. The van der Waals surface area contributed by atoms with E-state index in [0.29, 0.717) is 5.75 Å². The monoisotopic (exact) mass is 314 g/mol. The number of ketones is 2. The van der Waals surface area contributed by atoms with Crippen molar-refractivity contribution in [1.82, 2.24) is 0 Å². The van der Waals surface area contributed by atoms with Crippen LogP contribution in [0, 0.1) is 0 Å². The largest absolute Gasteiger partial charge is 0.504 e. The minimum absolute atomic E-state index is 0.0246. The van der Waals surface area contributed by atoms with Crippen LogP contribution in [0.15, 0.2) is 24.3 Å². The van der Waals surface area contributed by atoms with E-state index in [0.717, 1.165) is 0 Å². The summed E-state index contributed by atoms with van der Waals surface area (Å²) in [6.45, 7) is 0. The molecule has 1 N–H and O–H groups in total. The quantitative estimate of drug-likeness (QED) is 0.798. The van der Waals surface area contributed by atoms with Gasteiger partial charge < -0.3 is 19.3 Å². The van der Waals surface area contributed by atoms with Gasteiger partial charge in [-0.05, 0) is 24.3 Å². The summed E-state index contributed by atoms with van der Waals surface area (Å²) in [6.07, 6.45) is 0. The van der Waals surface area contributed by atoms with E-state index in [-0.39, 0.29) is 45.3 Å². The molecule has 0 saturated carbocycles. The summed E-state index contributed by atoms with van der Waals surface area (Å²) in [5.74, 6) is -0.518. The molecule has 0 atom stereocenters. The molecule has 0 amide bonds. The maximum atomic E-state index is 13.0. The number of fused-ring (bicyclic) bond motifs is 2. The fraction of sp³-hybridized carbons (Fsp3) is 0.176. The minimum atomic E-state index is -0.460. The predicted molar refractivity (Wildman–Crippen MR) is 81.1 cm³/mol. The van der Waals surface area contributed by atoms with E-state index in [1.54, 1.807) is 6.07 Å². The lowest BCUT2D eigenvalue weighted by molar-refractivity contribution is 0.0973. The van der Waals surface area contributed by atoms with Crippen LogP contribution >= 0.6 is 0 Å². The Labute approximate surface area is 132 Å². The fourth-order valence-electron chi connectivity index (χ4n) is 2.80. The molecule has 0 bridgehead atoms. The summed E-state index contributed by atoms with van der Waals surface area (Å²) < 4.78 is 15.6. The Morgan fingerprint density at radius 3 is 1.87 bits per heavy atom. The van der Waals surface area contributed by atoms with Gasteiger partial charge in [-0.3, -0.25) is 9.59 Å². The van der Waals surface area contributed by atoms with Gasteiger partial charge >= 0.3 is 0 Å². The predicted octanol–water partition coefficient (Wildman–Crippen LogP) is 2.19. The molecule has 1 aliphatic rings. The normalized spacial score (nSPS) is 12.5. The number of aromatic hydroxyl groups is 1. The second kappa shape index (κ2) is 5.31. The van der Waals surface area contributed by atoms with Crippen molar-refractivity contribution in [2.75, 3.05) is 21.3 Å². The lowest BCUT2D eigenvalue weighted by atomic mass is 9.82. The van der Waals surface area contributed by atoms with Crippen molar-refractivity contribution in [2.45, 2.75) is 0 Å². The van der Waals surface area contributed by atoms with E-state index in [4.69, 9.17) is 14.2 Å². The topological polar surface area (TPSA) is 82.1 Å². The van der Waals surface area contributed by atoms with E-state index in [1.165, 1.54) is 39.5 Å². The first-order valence-electron chi connectivity index (χ1n) is 6.79. The molecule has 0 aliphatic heterocycles. The van der Waals surface area contributed by atoms with Crippen molar-refractivity contribution >= 4 is 11.6 Å². The molecular formula is C17H14O6. The Morgan fingerprint density at radius 1 is 0.739 bits per heavy atom. The first kappa shape index (κ1) is 14.9. The van der Waals surface area contributed by atoms with Crippen LogP contribution in [0.3, 0.4) is 0 Å². The summed E-state index contributed by atoms with van der Waals surface area (Å²) in [7, 11) is 4.16. The maximum absolute atomic E-state index is 13.0. The average Bonchev–Trinajstić information content (AvgIpc) is 2.57. The number of methoxy groups -OCH3 is 3. The van der Waals surface area contributed by atoms with Gasteiger partial charge in [-0.1, -0.05) is 0 Å². The van der Waals surface area contributed by atoms with E-state index in [2.05, 4.69) is 0 Å². The van der Waals surface area contributed by atoms with E-state index in [9.17, 15) is 14.7 Å². The molecule has 0 unspecified atom stereocenters. The van der Waals surface area contributed by atoms with Crippen molar-refractivity contribution in [3.8, 4) is 23.0 Å². The SMILES string of the molecule is COc1ccc2c(c1OC)C(=O)c1c(ccc(O)c1OC)C2=O. The van der Waals surface area contributed by atoms with E-state index >= 15 is 0 Å². The lowest BCUT2D eigenvalue weighted by Crippen LogP contribution is -2.22. The van der Waals surface area contributed by atoms with Crippen LogP contribution in [-0.2, 0) is 0 Å². The van der Waals surface area contributed by atoms with Crippen LogP contribution in [0.2, 0.25) is 0 Å². The van der Waals surface area contributed by atoms with Gasteiger partial charge in [-0.15, -0.1) is 0 Å². The standard InChI is InChI=1S/C17H14O6/c1-21-11-7-5-9-13(17(11)23-3)15(20)12-8(14(9)19)4-6-10(18)16(12)22-2/h4-7,18H,1-3H3. The van der Waals surface area contributed by atoms with Crippen molar-refractivity contribution < 1.29 is 28.9 Å². The van der Waals surface area contributed by atoms with Gasteiger partial charge in [-0.2, -0.15) is 0 Å².